The Morgan fingerprint density at radius 3 is 2.43 bits per heavy atom. The van der Waals surface area contributed by atoms with E-state index in [0.717, 1.165) is 71.2 Å². The number of carbonyl (C=O) groups is 1. The molecule has 2 rings (SSSR count). The van der Waals surface area contributed by atoms with E-state index in [2.05, 4.69) is 11.8 Å². The second kappa shape index (κ2) is 13.9. The van der Waals surface area contributed by atoms with Crippen LogP contribution in [-0.4, -0.2) is 73.0 Å². The van der Waals surface area contributed by atoms with Gasteiger partial charge in [0, 0.05) is 31.3 Å². The highest BCUT2D eigenvalue weighted by Crippen LogP contribution is 2.26. The molecule has 0 aromatic heterocycles. The minimum absolute atomic E-state index is 0.191. The molecule has 0 saturated heterocycles. The Balaban J connectivity index is 1.58. The first-order valence-corrected chi connectivity index (χ1v) is 11.6. The van der Waals surface area contributed by atoms with Crippen molar-refractivity contribution in [3.05, 3.63) is 29.3 Å². The van der Waals surface area contributed by atoms with Gasteiger partial charge in [-0.3, -0.25) is 0 Å². The van der Waals surface area contributed by atoms with E-state index in [0.29, 0.717) is 16.9 Å². The molecule has 1 N–H and O–H groups in total. The van der Waals surface area contributed by atoms with E-state index in [1.165, 1.54) is 0 Å². The monoisotopic (exact) mass is 440 g/mol. The zero-order chi connectivity index (χ0) is 21.8. The van der Waals surface area contributed by atoms with Crippen LogP contribution in [-0.2, 0) is 4.74 Å². The van der Waals surface area contributed by atoms with Crippen LogP contribution in [0.3, 0.4) is 0 Å². The van der Waals surface area contributed by atoms with E-state index < -0.39 is 0 Å². The number of likely N-dealkylation sites (N-methyl/N-ethyl adjacent to an activating group) is 1. The standard InChI is InChI=1S/C23H37ClN2O4/c1-3-26(16-17-27)15-5-4-6-18-29-21-13-9-20(10-14-21)25(2)23(28)30-22-11-7-19(24)8-12-22/h7-8,11-12,20-21,27H,3-6,9-10,13-18H2,1-2H3. The third kappa shape index (κ3) is 8.80. The van der Waals surface area contributed by atoms with Crippen molar-refractivity contribution in [2.45, 2.75) is 64.0 Å². The fraction of sp³-hybridized carbons (Fsp3) is 0.696. The van der Waals surface area contributed by atoms with E-state index in [-0.39, 0.29) is 18.7 Å². The number of aliphatic hydroxyl groups is 1. The quantitative estimate of drug-likeness (QED) is 0.482. The molecule has 1 aromatic rings. The summed E-state index contributed by atoms with van der Waals surface area (Å²) >= 11 is 5.86. The van der Waals surface area contributed by atoms with Gasteiger partial charge in [-0.15, -0.1) is 0 Å². The van der Waals surface area contributed by atoms with Crippen molar-refractivity contribution in [1.82, 2.24) is 9.80 Å². The fourth-order valence-electron chi connectivity index (χ4n) is 3.86. The topological polar surface area (TPSA) is 62.2 Å². The smallest absolute Gasteiger partial charge is 0.410 e. The number of hydrogen-bond acceptors (Lipinski definition) is 5. The van der Waals surface area contributed by atoms with Crippen molar-refractivity contribution in [1.29, 1.82) is 0 Å². The lowest BCUT2D eigenvalue weighted by atomic mass is 9.92. The Labute approximate surface area is 186 Å². The molecule has 0 atom stereocenters. The van der Waals surface area contributed by atoms with Crippen molar-refractivity contribution in [3.8, 4) is 5.75 Å². The maximum atomic E-state index is 12.4. The van der Waals surface area contributed by atoms with Crippen molar-refractivity contribution >= 4 is 17.7 Å². The zero-order valence-corrected chi connectivity index (χ0v) is 19.1. The molecule has 0 radical (unpaired) electrons. The van der Waals surface area contributed by atoms with Gasteiger partial charge in [0.2, 0.25) is 0 Å². The number of nitrogens with zero attached hydrogens (tertiary/aromatic N) is 2. The molecule has 1 amide bonds. The molecule has 30 heavy (non-hydrogen) atoms. The van der Waals surface area contributed by atoms with Gasteiger partial charge in [-0.1, -0.05) is 18.5 Å². The van der Waals surface area contributed by atoms with Crippen LogP contribution in [0.25, 0.3) is 0 Å². The fourth-order valence-corrected chi connectivity index (χ4v) is 3.98. The molecule has 0 bridgehead atoms. The first-order valence-electron chi connectivity index (χ1n) is 11.2. The van der Waals surface area contributed by atoms with Gasteiger partial charge in [0.15, 0.2) is 0 Å². The maximum Gasteiger partial charge on any atom is 0.415 e. The van der Waals surface area contributed by atoms with Gasteiger partial charge in [0.05, 0.1) is 12.7 Å². The highest BCUT2D eigenvalue weighted by Gasteiger charge is 2.27. The van der Waals surface area contributed by atoms with E-state index in [1.807, 2.05) is 0 Å². The van der Waals surface area contributed by atoms with E-state index in [4.69, 9.17) is 26.2 Å². The number of aliphatic hydroxyl groups excluding tert-OH is 1. The van der Waals surface area contributed by atoms with Gasteiger partial charge in [0.25, 0.3) is 0 Å². The lowest BCUT2D eigenvalue weighted by molar-refractivity contribution is 0.0103. The van der Waals surface area contributed by atoms with Gasteiger partial charge in [0.1, 0.15) is 5.75 Å². The Morgan fingerprint density at radius 2 is 1.80 bits per heavy atom. The number of hydrogen-bond donors (Lipinski definition) is 1. The Morgan fingerprint density at radius 1 is 1.10 bits per heavy atom. The van der Waals surface area contributed by atoms with E-state index in [1.54, 1.807) is 36.2 Å². The summed E-state index contributed by atoms with van der Waals surface area (Å²) in [5.41, 5.74) is 0. The summed E-state index contributed by atoms with van der Waals surface area (Å²) in [5.74, 6) is 0.506. The predicted octanol–water partition coefficient (Wildman–Crippen LogP) is 4.58. The number of ether oxygens (including phenoxy) is 2. The Hall–Kier alpha value is -1.34. The van der Waals surface area contributed by atoms with Crippen LogP contribution in [0.15, 0.2) is 24.3 Å². The molecule has 1 aliphatic carbocycles. The predicted molar refractivity (Wildman–Crippen MR) is 120 cm³/mol. The zero-order valence-electron chi connectivity index (χ0n) is 18.4. The van der Waals surface area contributed by atoms with Crippen LogP contribution >= 0.6 is 11.6 Å². The molecule has 0 spiro atoms. The summed E-state index contributed by atoms with van der Waals surface area (Å²) in [6, 6.07) is 7.01. The molecule has 1 aromatic carbocycles. The molecule has 7 heteroatoms. The number of halogens is 1. The maximum absolute atomic E-state index is 12.4. The summed E-state index contributed by atoms with van der Waals surface area (Å²) in [6.07, 6.45) is 7.15. The molecule has 170 valence electrons. The summed E-state index contributed by atoms with van der Waals surface area (Å²) in [7, 11) is 1.81. The highest BCUT2D eigenvalue weighted by molar-refractivity contribution is 6.30. The van der Waals surface area contributed by atoms with E-state index in [9.17, 15) is 4.79 Å². The van der Waals surface area contributed by atoms with Gasteiger partial charge in [-0.25, -0.2) is 4.79 Å². The van der Waals surface area contributed by atoms with Gasteiger partial charge in [-0.05, 0) is 82.3 Å². The lowest BCUT2D eigenvalue weighted by Crippen LogP contribution is -2.42. The third-order valence-corrected chi connectivity index (χ3v) is 6.09. The van der Waals surface area contributed by atoms with Crippen molar-refractivity contribution in [2.24, 2.45) is 0 Å². The summed E-state index contributed by atoms with van der Waals surface area (Å²) in [4.78, 5) is 16.4. The number of amides is 1. The SMILES string of the molecule is CCN(CCO)CCCCCOC1CCC(N(C)C(=O)Oc2ccc(Cl)cc2)CC1. The number of rotatable bonds is 12. The van der Waals surface area contributed by atoms with Crippen LogP contribution < -0.4 is 4.74 Å². The first-order chi connectivity index (χ1) is 14.5. The second-order valence-corrected chi connectivity index (χ2v) is 8.39. The molecule has 1 saturated carbocycles. The minimum atomic E-state index is -0.330. The third-order valence-electron chi connectivity index (χ3n) is 5.83. The van der Waals surface area contributed by atoms with Gasteiger partial charge < -0.3 is 24.4 Å². The van der Waals surface area contributed by atoms with Crippen LogP contribution in [0.1, 0.15) is 51.9 Å². The molecule has 0 aliphatic heterocycles. The van der Waals surface area contributed by atoms with Gasteiger partial charge in [-0.2, -0.15) is 0 Å². The normalized spacial score (nSPS) is 19.1. The van der Waals surface area contributed by atoms with Crippen molar-refractivity contribution < 1.29 is 19.4 Å². The number of carbonyl (C=O) groups excluding carboxylic acids is 1. The minimum Gasteiger partial charge on any atom is -0.410 e. The molecule has 1 aliphatic rings. The Kier molecular flexibility index (Phi) is 11.5. The first kappa shape index (κ1) is 24.9. The molecule has 1 fully saturated rings. The van der Waals surface area contributed by atoms with Crippen LogP contribution in [0.2, 0.25) is 5.02 Å². The Bertz CT molecular complexity index is 606. The largest absolute Gasteiger partial charge is 0.415 e. The number of benzene rings is 1. The summed E-state index contributed by atoms with van der Waals surface area (Å²) < 4.78 is 11.5. The molecule has 6 nitrogen and oxygen atoms in total. The highest BCUT2D eigenvalue weighted by atomic mass is 35.5. The second-order valence-electron chi connectivity index (χ2n) is 7.95. The van der Waals surface area contributed by atoms with Crippen LogP contribution in [0.5, 0.6) is 5.75 Å². The van der Waals surface area contributed by atoms with Crippen molar-refractivity contribution in [2.75, 3.05) is 39.9 Å². The lowest BCUT2D eigenvalue weighted by Gasteiger charge is -2.34. The average molecular weight is 441 g/mol. The summed E-state index contributed by atoms with van der Waals surface area (Å²) in [5, 5.41) is 9.63. The summed E-state index contributed by atoms with van der Waals surface area (Å²) in [6.45, 7) is 5.95. The van der Waals surface area contributed by atoms with E-state index >= 15 is 0 Å². The average Bonchev–Trinajstić information content (AvgIpc) is 2.76. The van der Waals surface area contributed by atoms with Crippen LogP contribution in [0, 0.1) is 0 Å². The van der Waals surface area contributed by atoms with Crippen LogP contribution in [0.4, 0.5) is 4.79 Å². The number of unbranched alkanes of at least 4 members (excludes halogenated alkanes) is 2. The molecule has 0 unspecified atom stereocenters. The molecular weight excluding hydrogens is 404 g/mol. The van der Waals surface area contributed by atoms with Gasteiger partial charge >= 0.3 is 6.09 Å². The van der Waals surface area contributed by atoms with Crippen molar-refractivity contribution in [3.63, 3.8) is 0 Å². The molecule has 0 heterocycles. The molecular formula is C23H37ClN2O4.